The number of anilines is 2. The highest BCUT2D eigenvalue weighted by Gasteiger charge is 2.09. The van der Waals surface area contributed by atoms with Gasteiger partial charge in [-0.25, -0.2) is 0 Å². The van der Waals surface area contributed by atoms with Crippen molar-refractivity contribution in [3.63, 3.8) is 0 Å². The summed E-state index contributed by atoms with van der Waals surface area (Å²) in [5.74, 6) is 0. The first-order chi connectivity index (χ1) is 6.27. The van der Waals surface area contributed by atoms with E-state index in [4.69, 9.17) is 17.3 Å². The summed E-state index contributed by atoms with van der Waals surface area (Å²) in [6.07, 6.45) is 2.88. The van der Waals surface area contributed by atoms with E-state index < -0.39 is 0 Å². The Labute approximate surface area is 81.8 Å². The molecule has 0 fully saturated rings. The minimum Gasteiger partial charge on any atom is -0.398 e. The lowest BCUT2D eigenvalue weighted by Crippen LogP contribution is -2.11. The van der Waals surface area contributed by atoms with Gasteiger partial charge >= 0.3 is 0 Å². The molecule has 4 heteroatoms. The van der Waals surface area contributed by atoms with Crippen LogP contribution in [-0.4, -0.2) is 12.8 Å². The first-order valence-electron chi connectivity index (χ1n) is 4.12. The van der Waals surface area contributed by atoms with Crippen LogP contribution >= 0.6 is 11.6 Å². The maximum absolute atomic E-state index is 5.89. The molecule has 3 nitrogen and oxygen atoms in total. The maximum Gasteiger partial charge on any atom is 0.0656 e. The minimum absolute atomic E-state index is 0.583. The molecule has 0 saturated carbocycles. The van der Waals surface area contributed by atoms with Gasteiger partial charge in [-0.3, -0.25) is 5.01 Å². The van der Waals surface area contributed by atoms with Crippen LogP contribution in [0, 0.1) is 0 Å². The molecule has 1 aliphatic heterocycles. The molecule has 0 unspecified atom stereocenters. The number of nitrogens with two attached hydrogens (primary N) is 1. The molecule has 0 bridgehead atoms. The predicted octanol–water partition coefficient (Wildman–Crippen LogP) is 2.12. The smallest absolute Gasteiger partial charge is 0.0656 e. The van der Waals surface area contributed by atoms with Crippen LogP contribution in [-0.2, 0) is 0 Å². The van der Waals surface area contributed by atoms with Gasteiger partial charge in [0.05, 0.1) is 16.4 Å². The molecular formula is C9H10ClN3. The fourth-order valence-electron chi connectivity index (χ4n) is 1.27. The SMILES string of the molecule is Nc1ccc(N2CCC=N2)cc1Cl. The zero-order valence-electron chi connectivity index (χ0n) is 7.07. The lowest BCUT2D eigenvalue weighted by Gasteiger charge is -2.14. The molecule has 13 heavy (non-hydrogen) atoms. The van der Waals surface area contributed by atoms with E-state index in [1.165, 1.54) is 0 Å². The van der Waals surface area contributed by atoms with Crippen molar-refractivity contribution >= 4 is 29.2 Å². The van der Waals surface area contributed by atoms with Gasteiger partial charge in [0.2, 0.25) is 0 Å². The van der Waals surface area contributed by atoms with Crippen molar-refractivity contribution in [1.82, 2.24) is 0 Å². The summed E-state index contributed by atoms with van der Waals surface area (Å²) >= 11 is 5.89. The molecule has 1 aromatic rings. The number of nitrogens with zero attached hydrogens (tertiary/aromatic N) is 2. The predicted molar refractivity (Wildman–Crippen MR) is 56.3 cm³/mol. The van der Waals surface area contributed by atoms with Crippen molar-refractivity contribution in [3.8, 4) is 0 Å². The topological polar surface area (TPSA) is 41.6 Å². The molecule has 1 aliphatic rings. The van der Waals surface area contributed by atoms with Crippen molar-refractivity contribution in [3.05, 3.63) is 23.2 Å². The van der Waals surface area contributed by atoms with Crippen LogP contribution in [0.1, 0.15) is 6.42 Å². The number of hydrogen-bond donors (Lipinski definition) is 1. The second kappa shape index (κ2) is 3.26. The molecule has 1 aromatic carbocycles. The van der Waals surface area contributed by atoms with Crippen molar-refractivity contribution in [1.29, 1.82) is 0 Å². The Kier molecular flexibility index (Phi) is 2.10. The number of halogens is 1. The second-order valence-electron chi connectivity index (χ2n) is 2.92. The monoisotopic (exact) mass is 195 g/mol. The highest BCUT2D eigenvalue weighted by atomic mass is 35.5. The number of hydrogen-bond acceptors (Lipinski definition) is 3. The third-order valence-corrected chi connectivity index (χ3v) is 2.30. The van der Waals surface area contributed by atoms with Gasteiger partial charge in [0, 0.05) is 19.2 Å². The summed E-state index contributed by atoms with van der Waals surface area (Å²) < 4.78 is 0. The number of hydrazone groups is 1. The van der Waals surface area contributed by atoms with Crippen LogP contribution in [0.2, 0.25) is 5.02 Å². The third-order valence-electron chi connectivity index (χ3n) is 1.97. The molecule has 0 aliphatic carbocycles. The molecule has 1 heterocycles. The van der Waals surface area contributed by atoms with E-state index in [1.807, 2.05) is 23.4 Å². The van der Waals surface area contributed by atoms with Crippen LogP contribution < -0.4 is 10.7 Å². The largest absolute Gasteiger partial charge is 0.398 e. The summed E-state index contributed by atoms with van der Waals surface area (Å²) in [6, 6.07) is 5.55. The number of benzene rings is 1. The van der Waals surface area contributed by atoms with Crippen LogP contribution in [0.3, 0.4) is 0 Å². The molecule has 0 amide bonds. The molecule has 2 rings (SSSR count). The average molecular weight is 196 g/mol. The van der Waals surface area contributed by atoms with Gasteiger partial charge < -0.3 is 5.73 Å². The van der Waals surface area contributed by atoms with Gasteiger partial charge in [-0.1, -0.05) is 11.6 Å². The summed E-state index contributed by atoms with van der Waals surface area (Å²) in [6.45, 7) is 0.917. The average Bonchev–Trinajstić information content (AvgIpc) is 2.62. The third kappa shape index (κ3) is 1.60. The van der Waals surface area contributed by atoms with Crippen LogP contribution in [0.4, 0.5) is 11.4 Å². The van der Waals surface area contributed by atoms with E-state index in [-0.39, 0.29) is 0 Å². The van der Waals surface area contributed by atoms with Gasteiger partial charge in [-0.15, -0.1) is 0 Å². The Morgan fingerprint density at radius 3 is 2.92 bits per heavy atom. The van der Waals surface area contributed by atoms with Gasteiger partial charge in [0.1, 0.15) is 0 Å². The maximum atomic E-state index is 5.89. The molecule has 0 spiro atoms. The quantitative estimate of drug-likeness (QED) is 0.698. The Bertz CT molecular complexity index is 349. The lowest BCUT2D eigenvalue weighted by molar-refractivity contribution is 0.922. The highest BCUT2D eigenvalue weighted by Crippen LogP contribution is 2.26. The Balaban J connectivity index is 2.30. The summed E-state index contributed by atoms with van der Waals surface area (Å²) in [7, 11) is 0. The molecule has 0 saturated heterocycles. The van der Waals surface area contributed by atoms with E-state index in [9.17, 15) is 0 Å². The van der Waals surface area contributed by atoms with Gasteiger partial charge in [-0.2, -0.15) is 5.10 Å². The molecule has 68 valence electrons. The Morgan fingerprint density at radius 1 is 1.46 bits per heavy atom. The van der Waals surface area contributed by atoms with Crippen LogP contribution in [0.25, 0.3) is 0 Å². The van der Waals surface area contributed by atoms with E-state index in [1.54, 1.807) is 6.07 Å². The zero-order chi connectivity index (χ0) is 9.26. The van der Waals surface area contributed by atoms with Crippen molar-refractivity contribution in [2.24, 2.45) is 5.10 Å². The van der Waals surface area contributed by atoms with Gasteiger partial charge in [-0.05, 0) is 18.2 Å². The fraction of sp³-hybridized carbons (Fsp3) is 0.222. The highest BCUT2D eigenvalue weighted by molar-refractivity contribution is 6.33. The molecule has 0 radical (unpaired) electrons. The van der Waals surface area contributed by atoms with Crippen LogP contribution in [0.15, 0.2) is 23.3 Å². The molecular weight excluding hydrogens is 186 g/mol. The minimum atomic E-state index is 0.583. The van der Waals surface area contributed by atoms with Crippen LogP contribution in [0.5, 0.6) is 0 Å². The van der Waals surface area contributed by atoms with E-state index in [2.05, 4.69) is 5.10 Å². The lowest BCUT2D eigenvalue weighted by atomic mass is 10.3. The van der Waals surface area contributed by atoms with Gasteiger partial charge in [0.15, 0.2) is 0 Å². The van der Waals surface area contributed by atoms with E-state index in [0.29, 0.717) is 10.7 Å². The second-order valence-corrected chi connectivity index (χ2v) is 3.32. The summed E-state index contributed by atoms with van der Waals surface area (Å²) in [4.78, 5) is 0. The zero-order valence-corrected chi connectivity index (χ0v) is 7.83. The standard InChI is InChI=1S/C9H10ClN3/c10-8-6-7(2-3-9(8)11)13-5-1-4-12-13/h2-4,6H,1,5,11H2. The molecule has 0 atom stereocenters. The van der Waals surface area contributed by atoms with Gasteiger partial charge in [0.25, 0.3) is 0 Å². The Morgan fingerprint density at radius 2 is 2.31 bits per heavy atom. The number of rotatable bonds is 1. The fourth-order valence-corrected chi connectivity index (χ4v) is 1.44. The molecule has 0 aromatic heterocycles. The summed E-state index contributed by atoms with van der Waals surface area (Å²) in [5.41, 5.74) is 7.20. The Hall–Kier alpha value is -1.22. The first-order valence-corrected chi connectivity index (χ1v) is 4.50. The first kappa shape index (κ1) is 8.38. The normalized spacial score (nSPS) is 15.3. The van der Waals surface area contributed by atoms with E-state index >= 15 is 0 Å². The van der Waals surface area contributed by atoms with E-state index in [0.717, 1.165) is 18.7 Å². The van der Waals surface area contributed by atoms with Crippen molar-refractivity contribution in [2.45, 2.75) is 6.42 Å². The number of nitrogen functional groups attached to an aromatic ring is 1. The summed E-state index contributed by atoms with van der Waals surface area (Å²) in [5, 5.41) is 6.68. The van der Waals surface area contributed by atoms with Crippen molar-refractivity contribution in [2.75, 3.05) is 17.3 Å². The van der Waals surface area contributed by atoms with Crippen molar-refractivity contribution < 1.29 is 0 Å². The molecule has 2 N–H and O–H groups in total.